The highest BCUT2D eigenvalue weighted by atomic mass is 19.1. The van der Waals surface area contributed by atoms with Crippen molar-refractivity contribution in [2.45, 2.75) is 13.0 Å². The zero-order valence-corrected chi connectivity index (χ0v) is 7.02. The van der Waals surface area contributed by atoms with E-state index >= 15 is 0 Å². The topological polar surface area (TPSA) is 15.3 Å². The van der Waals surface area contributed by atoms with Crippen LogP contribution in [0.2, 0.25) is 0 Å². The minimum atomic E-state index is 0.500. The molecule has 0 spiro atoms. The van der Waals surface area contributed by atoms with Crippen molar-refractivity contribution in [2.24, 2.45) is 0 Å². The Morgan fingerprint density at radius 1 is 1.50 bits per heavy atom. The lowest BCUT2D eigenvalue weighted by Gasteiger charge is -2.29. The van der Waals surface area contributed by atoms with Crippen molar-refractivity contribution in [3.05, 3.63) is 0 Å². The number of nitrogens with zero attached hydrogens (tertiary/aromatic N) is 1. The maximum absolute atomic E-state index is 9.50. The average molecular weight is 148 g/mol. The zero-order chi connectivity index (χ0) is 7.98. The van der Waals surface area contributed by atoms with Gasteiger partial charge in [-0.2, -0.15) is 0 Å². The molecule has 0 saturated carbocycles. The molecule has 3 heteroatoms. The van der Waals surface area contributed by atoms with Gasteiger partial charge in [-0.05, 0) is 14.0 Å². The number of alkyl halides is 1. The van der Waals surface area contributed by atoms with Crippen LogP contribution in [0.5, 0.6) is 0 Å². The second-order valence-corrected chi connectivity index (χ2v) is 2.53. The summed E-state index contributed by atoms with van der Waals surface area (Å²) in [5, 5.41) is 3.32. The molecule has 10 heavy (non-hydrogen) atoms. The van der Waals surface area contributed by atoms with E-state index in [4.69, 9.17) is 0 Å². The van der Waals surface area contributed by atoms with Crippen LogP contribution in [-0.4, -0.2) is 44.8 Å². The van der Waals surface area contributed by atoms with Gasteiger partial charge in [-0.1, -0.05) is 0 Å². The van der Waals surface area contributed by atoms with Crippen LogP contribution in [0, 0.1) is 0 Å². The molecule has 1 rings (SSSR count). The maximum atomic E-state index is 9.50. The standard InChI is InChI=1S/C6H14N2.CH3F/c1-6-5-7-3-4-8(6)2;1-2/h6-7H,3-5H2,1-2H3;1H3/t6-;/m0./s1. The summed E-state index contributed by atoms with van der Waals surface area (Å²) in [6.07, 6.45) is 0. The van der Waals surface area contributed by atoms with Crippen LogP contribution in [0.25, 0.3) is 0 Å². The summed E-state index contributed by atoms with van der Waals surface area (Å²) >= 11 is 0. The number of nitrogens with one attached hydrogen (secondary N) is 1. The van der Waals surface area contributed by atoms with Crippen LogP contribution in [0.4, 0.5) is 4.39 Å². The Kier molecular flexibility index (Phi) is 5.54. The van der Waals surface area contributed by atoms with E-state index in [1.165, 1.54) is 6.54 Å². The van der Waals surface area contributed by atoms with Gasteiger partial charge in [0.25, 0.3) is 0 Å². The Hall–Kier alpha value is -0.150. The molecule has 62 valence electrons. The molecular formula is C7H17FN2. The summed E-state index contributed by atoms with van der Waals surface area (Å²) in [5.74, 6) is 0. The van der Waals surface area contributed by atoms with Gasteiger partial charge in [0.1, 0.15) is 0 Å². The highest BCUT2D eigenvalue weighted by Crippen LogP contribution is 1.95. The van der Waals surface area contributed by atoms with Crippen molar-refractivity contribution in [3.63, 3.8) is 0 Å². The predicted octanol–water partition coefficient (Wildman–Crippen LogP) is 0.496. The molecule has 1 saturated heterocycles. The summed E-state index contributed by atoms with van der Waals surface area (Å²) in [6, 6.07) is 0.726. The first kappa shape index (κ1) is 9.85. The third-order valence-electron chi connectivity index (χ3n) is 1.83. The van der Waals surface area contributed by atoms with Crippen LogP contribution in [0.15, 0.2) is 0 Å². The van der Waals surface area contributed by atoms with Gasteiger partial charge in [0, 0.05) is 25.7 Å². The second-order valence-electron chi connectivity index (χ2n) is 2.53. The molecule has 0 bridgehead atoms. The Morgan fingerprint density at radius 2 is 2.10 bits per heavy atom. The van der Waals surface area contributed by atoms with Gasteiger partial charge in [0.2, 0.25) is 0 Å². The van der Waals surface area contributed by atoms with Crippen LogP contribution in [-0.2, 0) is 0 Å². The predicted molar refractivity (Wildman–Crippen MR) is 42.0 cm³/mol. The first-order chi connectivity index (χ1) is 4.80. The van der Waals surface area contributed by atoms with Crippen molar-refractivity contribution >= 4 is 0 Å². The van der Waals surface area contributed by atoms with Crippen molar-refractivity contribution in [1.29, 1.82) is 0 Å². The van der Waals surface area contributed by atoms with Gasteiger partial charge in [-0.3, -0.25) is 4.39 Å². The summed E-state index contributed by atoms with van der Waals surface area (Å²) in [6.45, 7) is 5.74. The Bertz CT molecular complexity index is 68.0. The molecule has 0 amide bonds. The lowest BCUT2D eigenvalue weighted by Crippen LogP contribution is -2.47. The quantitative estimate of drug-likeness (QED) is 0.538. The molecule has 1 fully saturated rings. The average Bonchev–Trinajstić information content (AvgIpc) is 2.00. The molecule has 1 N–H and O–H groups in total. The maximum Gasteiger partial charge on any atom is 0.0785 e. The van der Waals surface area contributed by atoms with Gasteiger partial charge in [0.05, 0.1) is 7.18 Å². The number of rotatable bonds is 0. The van der Waals surface area contributed by atoms with Gasteiger partial charge in [-0.15, -0.1) is 0 Å². The summed E-state index contributed by atoms with van der Waals surface area (Å²) < 4.78 is 9.50. The molecule has 1 atom stereocenters. The highest BCUT2D eigenvalue weighted by Gasteiger charge is 2.11. The summed E-state index contributed by atoms with van der Waals surface area (Å²) in [4.78, 5) is 2.37. The highest BCUT2D eigenvalue weighted by molar-refractivity contribution is 4.71. The molecule has 1 aliphatic heterocycles. The van der Waals surface area contributed by atoms with E-state index < -0.39 is 0 Å². The minimum absolute atomic E-state index is 0.500. The van der Waals surface area contributed by atoms with Crippen LogP contribution >= 0.6 is 0 Å². The SMILES string of the molecule is CF.C[C@H]1CNCCN1C. The Labute approximate surface area is 62.4 Å². The molecule has 0 aromatic carbocycles. The zero-order valence-electron chi connectivity index (χ0n) is 7.02. The minimum Gasteiger partial charge on any atom is -0.314 e. The second kappa shape index (κ2) is 5.62. The van der Waals surface area contributed by atoms with Crippen LogP contribution in [0.1, 0.15) is 6.92 Å². The van der Waals surface area contributed by atoms with E-state index in [1.54, 1.807) is 0 Å². The molecule has 0 radical (unpaired) electrons. The number of hydrogen-bond acceptors (Lipinski definition) is 2. The Morgan fingerprint density at radius 3 is 2.40 bits per heavy atom. The third-order valence-corrected chi connectivity index (χ3v) is 1.83. The van der Waals surface area contributed by atoms with E-state index in [2.05, 4.69) is 24.2 Å². The van der Waals surface area contributed by atoms with Crippen LogP contribution in [0.3, 0.4) is 0 Å². The van der Waals surface area contributed by atoms with E-state index in [1.807, 2.05) is 0 Å². The monoisotopic (exact) mass is 148 g/mol. The molecule has 0 aromatic heterocycles. The van der Waals surface area contributed by atoms with E-state index in [0.29, 0.717) is 7.18 Å². The first-order valence-corrected chi connectivity index (χ1v) is 3.59. The molecule has 0 unspecified atom stereocenters. The number of halogens is 1. The number of hydrogen-bond donors (Lipinski definition) is 1. The van der Waals surface area contributed by atoms with Crippen molar-refractivity contribution in [1.82, 2.24) is 10.2 Å². The largest absolute Gasteiger partial charge is 0.314 e. The molecule has 1 aliphatic rings. The van der Waals surface area contributed by atoms with Gasteiger partial charge >= 0.3 is 0 Å². The lowest BCUT2D eigenvalue weighted by molar-refractivity contribution is 0.215. The summed E-state index contributed by atoms with van der Waals surface area (Å²) in [5.41, 5.74) is 0. The fraction of sp³-hybridized carbons (Fsp3) is 1.00. The fourth-order valence-corrected chi connectivity index (χ4v) is 0.943. The lowest BCUT2D eigenvalue weighted by atomic mass is 10.2. The smallest absolute Gasteiger partial charge is 0.0785 e. The van der Waals surface area contributed by atoms with Gasteiger partial charge < -0.3 is 10.2 Å². The Balaban J connectivity index is 0.000000371. The van der Waals surface area contributed by atoms with Crippen molar-refractivity contribution < 1.29 is 4.39 Å². The van der Waals surface area contributed by atoms with E-state index in [0.717, 1.165) is 19.1 Å². The summed E-state index contributed by atoms with van der Waals surface area (Å²) in [7, 11) is 2.67. The third kappa shape index (κ3) is 3.13. The molecule has 0 aliphatic carbocycles. The van der Waals surface area contributed by atoms with Gasteiger partial charge in [0.15, 0.2) is 0 Å². The molecule has 1 heterocycles. The molecular weight excluding hydrogens is 131 g/mol. The number of piperazine rings is 1. The van der Waals surface area contributed by atoms with E-state index in [-0.39, 0.29) is 0 Å². The van der Waals surface area contributed by atoms with Crippen molar-refractivity contribution in [2.75, 3.05) is 33.9 Å². The first-order valence-electron chi connectivity index (χ1n) is 3.59. The fourth-order valence-electron chi connectivity index (χ4n) is 0.943. The number of likely N-dealkylation sites (N-methyl/N-ethyl adjacent to an activating group) is 1. The molecule has 0 aromatic rings. The van der Waals surface area contributed by atoms with E-state index in [9.17, 15) is 4.39 Å². The van der Waals surface area contributed by atoms with Crippen LogP contribution < -0.4 is 5.32 Å². The van der Waals surface area contributed by atoms with Gasteiger partial charge in [-0.25, -0.2) is 0 Å². The van der Waals surface area contributed by atoms with Crippen molar-refractivity contribution in [3.8, 4) is 0 Å². The normalized spacial score (nSPS) is 27.0. The molecule has 2 nitrogen and oxygen atoms in total.